The fourth-order valence-electron chi connectivity index (χ4n) is 4.32. The molecule has 0 spiro atoms. The normalized spacial score (nSPS) is 11.4. The van der Waals surface area contributed by atoms with E-state index in [1.165, 1.54) is 0 Å². The molecule has 6 rings (SSSR count). The first-order chi connectivity index (χ1) is 16.8. The third-order valence-corrected chi connectivity index (χ3v) is 7.20. The van der Waals surface area contributed by atoms with Gasteiger partial charge in [-0.1, -0.05) is 109 Å². The number of hydrogen-bond donors (Lipinski definition) is 1. The summed E-state index contributed by atoms with van der Waals surface area (Å²) >= 11 is 1.60. The summed E-state index contributed by atoms with van der Waals surface area (Å²) in [4.78, 5) is 22.2. The lowest BCUT2D eigenvalue weighted by Gasteiger charge is -2.20. The number of fused-ring (bicyclic) bond motifs is 3. The maximum absolute atomic E-state index is 13.9. The fourth-order valence-corrected chi connectivity index (χ4v) is 5.55. The van der Waals surface area contributed by atoms with Crippen molar-refractivity contribution in [2.24, 2.45) is 0 Å². The van der Waals surface area contributed by atoms with Crippen molar-refractivity contribution in [3.8, 4) is 5.69 Å². The van der Waals surface area contributed by atoms with Crippen molar-refractivity contribution in [3.63, 3.8) is 0 Å². The molecule has 0 atom stereocenters. The second-order valence-corrected chi connectivity index (χ2v) is 9.16. The number of aromatic amines is 1. The van der Waals surface area contributed by atoms with Crippen LogP contribution in [0.4, 0.5) is 0 Å². The van der Waals surface area contributed by atoms with Gasteiger partial charge in [0.1, 0.15) is 11.0 Å². The van der Waals surface area contributed by atoms with Crippen molar-refractivity contribution < 1.29 is 0 Å². The largest absolute Gasteiger partial charge is 0.349 e. The number of hydrogen-bond acceptors (Lipinski definition) is 3. The van der Waals surface area contributed by atoms with Crippen LogP contribution in [-0.4, -0.2) is 14.5 Å². The first kappa shape index (κ1) is 20.5. The zero-order chi connectivity index (χ0) is 22.9. The summed E-state index contributed by atoms with van der Waals surface area (Å²) in [7, 11) is 0. The van der Waals surface area contributed by atoms with Crippen LogP contribution in [0.5, 0.6) is 0 Å². The van der Waals surface area contributed by atoms with Gasteiger partial charge in [-0.25, -0.2) is 4.98 Å². The Morgan fingerprint density at radius 1 is 0.706 bits per heavy atom. The van der Waals surface area contributed by atoms with E-state index in [0.717, 1.165) is 27.7 Å². The van der Waals surface area contributed by atoms with Crippen LogP contribution in [0.1, 0.15) is 16.4 Å². The van der Waals surface area contributed by atoms with Gasteiger partial charge in [0.2, 0.25) is 0 Å². The predicted octanol–water partition coefficient (Wildman–Crippen LogP) is 6.75. The van der Waals surface area contributed by atoms with Gasteiger partial charge in [0, 0.05) is 10.9 Å². The Kier molecular flexibility index (Phi) is 5.24. The molecular formula is C29H21N3OS. The Balaban J connectivity index is 1.62. The van der Waals surface area contributed by atoms with Crippen LogP contribution in [0, 0.1) is 0 Å². The zero-order valence-electron chi connectivity index (χ0n) is 18.3. The summed E-state index contributed by atoms with van der Waals surface area (Å²) in [5, 5.41) is 1.59. The van der Waals surface area contributed by atoms with Gasteiger partial charge in [0.25, 0.3) is 5.56 Å². The van der Waals surface area contributed by atoms with Gasteiger partial charge in [0.15, 0.2) is 5.16 Å². The van der Waals surface area contributed by atoms with Crippen LogP contribution in [0.25, 0.3) is 27.6 Å². The molecule has 0 aliphatic carbocycles. The molecule has 2 heterocycles. The quantitative estimate of drug-likeness (QED) is 0.229. The number of nitrogens with one attached hydrogen (secondary N) is 1. The lowest BCUT2D eigenvalue weighted by atomic mass is 10.0. The number of nitrogens with zero attached hydrogens (tertiary/aromatic N) is 2. The highest BCUT2D eigenvalue weighted by Crippen LogP contribution is 2.40. The number of rotatable bonds is 5. The van der Waals surface area contributed by atoms with E-state index in [0.29, 0.717) is 16.2 Å². The molecule has 0 fully saturated rings. The summed E-state index contributed by atoms with van der Waals surface area (Å²) in [6.07, 6.45) is 0. The first-order valence-electron chi connectivity index (χ1n) is 11.1. The first-order valence-corrected chi connectivity index (χ1v) is 12.0. The molecule has 0 saturated heterocycles. The van der Waals surface area contributed by atoms with Gasteiger partial charge in [-0.15, -0.1) is 0 Å². The minimum absolute atomic E-state index is 0.0214. The fraction of sp³-hybridized carbons (Fsp3) is 0.0345. The van der Waals surface area contributed by atoms with E-state index in [-0.39, 0.29) is 10.8 Å². The summed E-state index contributed by atoms with van der Waals surface area (Å²) in [6.45, 7) is 0. The molecule has 0 aliphatic rings. The Morgan fingerprint density at radius 3 is 1.91 bits per heavy atom. The summed E-state index contributed by atoms with van der Waals surface area (Å²) in [6, 6.07) is 38.4. The third kappa shape index (κ3) is 3.60. The van der Waals surface area contributed by atoms with Crippen LogP contribution >= 0.6 is 11.8 Å². The number of H-pyrrole nitrogens is 1. The number of thioether (sulfide) groups is 1. The monoisotopic (exact) mass is 459 g/mol. The van der Waals surface area contributed by atoms with Gasteiger partial charge in [-0.3, -0.25) is 9.36 Å². The van der Waals surface area contributed by atoms with Crippen molar-refractivity contribution in [2.45, 2.75) is 10.4 Å². The van der Waals surface area contributed by atoms with Gasteiger partial charge in [-0.05, 0) is 29.3 Å². The van der Waals surface area contributed by atoms with E-state index >= 15 is 0 Å². The molecule has 4 aromatic carbocycles. The smallest absolute Gasteiger partial charge is 0.283 e. The molecule has 34 heavy (non-hydrogen) atoms. The number of benzene rings is 4. The zero-order valence-corrected chi connectivity index (χ0v) is 19.1. The third-order valence-electron chi connectivity index (χ3n) is 5.94. The van der Waals surface area contributed by atoms with Crippen molar-refractivity contribution in [2.75, 3.05) is 0 Å². The van der Waals surface area contributed by atoms with E-state index in [2.05, 4.69) is 29.2 Å². The molecule has 164 valence electrons. The lowest BCUT2D eigenvalue weighted by molar-refractivity contribution is 0.816. The molecule has 6 aromatic rings. The van der Waals surface area contributed by atoms with Crippen LogP contribution in [0.15, 0.2) is 125 Å². The van der Waals surface area contributed by atoms with Crippen LogP contribution < -0.4 is 5.56 Å². The molecule has 0 radical (unpaired) electrons. The van der Waals surface area contributed by atoms with Gasteiger partial charge < -0.3 is 4.98 Å². The molecule has 0 saturated carbocycles. The maximum Gasteiger partial charge on any atom is 0.283 e. The molecule has 0 aliphatic heterocycles. The van der Waals surface area contributed by atoms with E-state index in [1.807, 2.05) is 91.0 Å². The van der Waals surface area contributed by atoms with Crippen LogP contribution in [0.3, 0.4) is 0 Å². The molecule has 1 N–H and O–H groups in total. The molecule has 0 bridgehead atoms. The number of aromatic nitrogens is 3. The summed E-state index contributed by atoms with van der Waals surface area (Å²) in [5.74, 6) is 0. The number of para-hydroxylation sites is 2. The molecule has 5 heteroatoms. The second-order valence-electron chi connectivity index (χ2n) is 8.08. The van der Waals surface area contributed by atoms with Crippen LogP contribution in [0.2, 0.25) is 0 Å². The van der Waals surface area contributed by atoms with Gasteiger partial charge >= 0.3 is 0 Å². The molecule has 2 aromatic heterocycles. The van der Waals surface area contributed by atoms with Crippen molar-refractivity contribution in [3.05, 3.63) is 137 Å². The molecule has 4 nitrogen and oxygen atoms in total. The molecule has 0 unspecified atom stereocenters. The minimum Gasteiger partial charge on any atom is -0.349 e. The second kappa shape index (κ2) is 8.69. The Hall–Kier alpha value is -4.09. The summed E-state index contributed by atoms with van der Waals surface area (Å²) in [5.41, 5.74) is 5.14. The van der Waals surface area contributed by atoms with E-state index in [9.17, 15) is 4.79 Å². The maximum atomic E-state index is 13.9. The lowest BCUT2D eigenvalue weighted by Crippen LogP contribution is -2.22. The minimum atomic E-state index is -0.102. The van der Waals surface area contributed by atoms with Crippen molar-refractivity contribution >= 4 is 33.7 Å². The van der Waals surface area contributed by atoms with E-state index < -0.39 is 0 Å². The van der Waals surface area contributed by atoms with E-state index in [4.69, 9.17) is 4.98 Å². The van der Waals surface area contributed by atoms with Gasteiger partial charge in [-0.2, -0.15) is 0 Å². The highest BCUT2D eigenvalue weighted by molar-refractivity contribution is 7.99. The molecular weight excluding hydrogens is 438 g/mol. The van der Waals surface area contributed by atoms with Gasteiger partial charge in [0.05, 0.1) is 10.9 Å². The Morgan fingerprint density at radius 2 is 1.26 bits per heavy atom. The standard InChI is InChI=1S/C29H21N3OS/c33-28-26-25(23-18-10-11-19-24(23)30-26)31-29(32(28)22-16-8-3-9-17-22)34-27(20-12-4-1-5-13-20)21-14-6-2-7-15-21/h1-19,27,30H. The van der Waals surface area contributed by atoms with E-state index in [1.54, 1.807) is 16.3 Å². The van der Waals surface area contributed by atoms with Crippen molar-refractivity contribution in [1.82, 2.24) is 14.5 Å². The summed E-state index contributed by atoms with van der Waals surface area (Å²) < 4.78 is 1.72. The predicted molar refractivity (Wildman–Crippen MR) is 140 cm³/mol. The average Bonchev–Trinajstić information content (AvgIpc) is 3.28. The van der Waals surface area contributed by atoms with Crippen molar-refractivity contribution in [1.29, 1.82) is 0 Å². The highest BCUT2D eigenvalue weighted by atomic mass is 32.2. The average molecular weight is 460 g/mol. The Bertz CT molecular complexity index is 1600. The Labute approximate surface area is 200 Å². The topological polar surface area (TPSA) is 50.7 Å². The highest BCUT2D eigenvalue weighted by Gasteiger charge is 2.22. The SMILES string of the molecule is O=c1c2[nH]c3ccccc3c2nc(SC(c2ccccc2)c2ccccc2)n1-c1ccccc1. The molecule has 0 amide bonds. The van der Waals surface area contributed by atoms with Crippen LogP contribution in [-0.2, 0) is 0 Å².